The summed E-state index contributed by atoms with van der Waals surface area (Å²) >= 11 is 0. The Morgan fingerprint density at radius 1 is 1.29 bits per heavy atom. The zero-order valence-corrected chi connectivity index (χ0v) is 15.2. The molecule has 7 atom stereocenters. The van der Waals surface area contributed by atoms with E-state index in [1.54, 1.807) is 6.08 Å². The van der Waals surface area contributed by atoms with E-state index in [9.17, 15) is 9.90 Å². The van der Waals surface area contributed by atoms with Gasteiger partial charge >= 0.3 is 0 Å². The number of aliphatic hydroxyl groups is 1. The highest BCUT2D eigenvalue weighted by atomic mass is 16.3. The molecule has 0 spiro atoms. The summed E-state index contributed by atoms with van der Waals surface area (Å²) < 4.78 is 0. The van der Waals surface area contributed by atoms with Crippen molar-refractivity contribution in [3.05, 3.63) is 23.8 Å². The van der Waals surface area contributed by atoms with Gasteiger partial charge in [-0.05, 0) is 81.0 Å². The number of carbonyl (C=O) groups is 1. The highest BCUT2D eigenvalue weighted by molar-refractivity contribution is 6.01. The van der Waals surface area contributed by atoms with Gasteiger partial charge in [0.05, 0.1) is 6.10 Å². The molecule has 3 fully saturated rings. The molecule has 2 N–H and O–H groups in total. The monoisotopic (exact) mass is 329 g/mol. The molecule has 0 amide bonds. The van der Waals surface area contributed by atoms with Gasteiger partial charge in [0.15, 0.2) is 5.78 Å². The molecule has 0 aliphatic heterocycles. The summed E-state index contributed by atoms with van der Waals surface area (Å²) in [6.07, 6.45) is 11.1. The molecule has 6 unspecified atom stereocenters. The lowest BCUT2D eigenvalue weighted by Crippen LogP contribution is -2.56. The normalized spacial score (nSPS) is 50.1. The first-order valence-electron chi connectivity index (χ1n) is 9.67. The van der Waals surface area contributed by atoms with Crippen LogP contribution >= 0.6 is 0 Å². The number of hydrogen-bond acceptors (Lipinski definition) is 3. The third kappa shape index (κ3) is 2.13. The van der Waals surface area contributed by atoms with Crippen LogP contribution in [0.2, 0.25) is 0 Å². The van der Waals surface area contributed by atoms with Crippen molar-refractivity contribution < 1.29 is 9.90 Å². The topological polar surface area (TPSA) is 49.3 Å². The lowest BCUT2D eigenvalue weighted by atomic mass is 9.47. The van der Waals surface area contributed by atoms with E-state index in [2.05, 4.69) is 25.2 Å². The first kappa shape index (κ1) is 16.5. The van der Waals surface area contributed by atoms with Gasteiger partial charge in [-0.15, -0.1) is 0 Å². The standard InChI is InChI=1S/C21H31NO2/c1-20-9-8-15(23)10-13(20)4-6-16-17-7-5-14(12-22-3)21(17,2)11-18(24)19(16)20/h8-10,14,16-19,22,24H,4-7,11-12H2,1-3H3/t14-,16?,17?,18?,19?,20?,21?/m1/s1. The van der Waals surface area contributed by atoms with Crippen LogP contribution in [0.5, 0.6) is 0 Å². The molecule has 0 heterocycles. The Morgan fingerprint density at radius 3 is 2.83 bits per heavy atom. The Labute approximate surface area is 145 Å². The molecule has 3 nitrogen and oxygen atoms in total. The molecule has 3 saturated carbocycles. The quantitative estimate of drug-likeness (QED) is 0.818. The predicted molar refractivity (Wildman–Crippen MR) is 95.4 cm³/mol. The molecule has 4 rings (SSSR count). The summed E-state index contributed by atoms with van der Waals surface area (Å²) in [6, 6.07) is 0. The maximum atomic E-state index is 11.8. The van der Waals surface area contributed by atoms with Gasteiger partial charge in [0.2, 0.25) is 0 Å². The summed E-state index contributed by atoms with van der Waals surface area (Å²) in [4.78, 5) is 11.8. The van der Waals surface area contributed by atoms with E-state index in [-0.39, 0.29) is 28.6 Å². The van der Waals surface area contributed by atoms with Gasteiger partial charge in [0.25, 0.3) is 0 Å². The number of allylic oxidation sites excluding steroid dienone is 4. The van der Waals surface area contributed by atoms with Crippen molar-refractivity contribution in [3.8, 4) is 0 Å². The van der Waals surface area contributed by atoms with Crippen molar-refractivity contribution >= 4 is 5.78 Å². The summed E-state index contributed by atoms with van der Waals surface area (Å²) in [5.41, 5.74) is 1.39. The van der Waals surface area contributed by atoms with Crippen molar-refractivity contribution in [2.75, 3.05) is 13.6 Å². The van der Waals surface area contributed by atoms with Crippen LogP contribution in [0.25, 0.3) is 0 Å². The Hall–Kier alpha value is -0.930. The lowest BCUT2D eigenvalue weighted by molar-refractivity contribution is -0.118. The van der Waals surface area contributed by atoms with Gasteiger partial charge in [-0.1, -0.05) is 25.5 Å². The average molecular weight is 329 g/mol. The summed E-state index contributed by atoms with van der Waals surface area (Å²) in [7, 11) is 2.04. The van der Waals surface area contributed by atoms with E-state index in [1.807, 2.05) is 13.1 Å². The lowest BCUT2D eigenvalue weighted by Gasteiger charge is -2.58. The number of nitrogens with one attached hydrogen (secondary N) is 1. The average Bonchev–Trinajstić information content (AvgIpc) is 2.84. The molecule has 4 aliphatic rings. The van der Waals surface area contributed by atoms with Crippen LogP contribution in [-0.2, 0) is 4.79 Å². The Balaban J connectivity index is 1.70. The fraction of sp³-hybridized carbons (Fsp3) is 0.762. The van der Waals surface area contributed by atoms with E-state index in [0.29, 0.717) is 17.8 Å². The Morgan fingerprint density at radius 2 is 2.08 bits per heavy atom. The number of aliphatic hydroxyl groups excluding tert-OH is 1. The highest BCUT2D eigenvalue weighted by Gasteiger charge is 2.61. The smallest absolute Gasteiger partial charge is 0.178 e. The summed E-state index contributed by atoms with van der Waals surface area (Å²) in [5.74, 6) is 2.37. The first-order chi connectivity index (χ1) is 11.4. The second-order valence-electron chi connectivity index (χ2n) is 9.13. The zero-order chi connectivity index (χ0) is 17.1. The van der Waals surface area contributed by atoms with E-state index in [4.69, 9.17) is 0 Å². The molecule has 0 aromatic heterocycles. The number of ketones is 1. The highest BCUT2D eigenvalue weighted by Crippen LogP contribution is 2.65. The largest absolute Gasteiger partial charge is 0.393 e. The first-order valence-corrected chi connectivity index (χ1v) is 9.67. The van der Waals surface area contributed by atoms with Gasteiger partial charge in [-0.25, -0.2) is 0 Å². The van der Waals surface area contributed by atoms with E-state index in [0.717, 1.165) is 25.8 Å². The fourth-order valence-corrected chi connectivity index (χ4v) is 7.01. The van der Waals surface area contributed by atoms with Crippen molar-refractivity contribution in [1.82, 2.24) is 5.32 Å². The molecule has 0 bridgehead atoms. The third-order valence-corrected chi connectivity index (χ3v) is 8.14. The van der Waals surface area contributed by atoms with Crippen LogP contribution < -0.4 is 5.32 Å². The zero-order valence-electron chi connectivity index (χ0n) is 15.2. The van der Waals surface area contributed by atoms with E-state index >= 15 is 0 Å². The molecule has 4 aliphatic carbocycles. The molecule has 3 heteroatoms. The molecule has 24 heavy (non-hydrogen) atoms. The minimum absolute atomic E-state index is 0.117. The van der Waals surface area contributed by atoms with Crippen LogP contribution in [0, 0.1) is 34.5 Å². The van der Waals surface area contributed by atoms with Crippen LogP contribution in [0.4, 0.5) is 0 Å². The molecular formula is C21H31NO2. The minimum atomic E-state index is -0.264. The number of rotatable bonds is 2. The van der Waals surface area contributed by atoms with Gasteiger partial charge in [0, 0.05) is 11.3 Å². The molecule has 0 aromatic carbocycles. The third-order valence-electron chi connectivity index (χ3n) is 8.14. The number of carbonyl (C=O) groups excluding carboxylic acids is 1. The second kappa shape index (κ2) is 5.54. The Kier molecular flexibility index (Phi) is 3.81. The van der Waals surface area contributed by atoms with Crippen LogP contribution in [0.15, 0.2) is 23.8 Å². The summed E-state index contributed by atoms with van der Waals surface area (Å²) in [5, 5.41) is 14.6. The van der Waals surface area contributed by atoms with E-state index < -0.39 is 0 Å². The molecule has 132 valence electrons. The maximum absolute atomic E-state index is 11.8. The maximum Gasteiger partial charge on any atom is 0.178 e. The van der Waals surface area contributed by atoms with Gasteiger partial charge in [-0.2, -0.15) is 0 Å². The molecule has 0 saturated heterocycles. The predicted octanol–water partition coefficient (Wildman–Crippen LogP) is 3.10. The molecule has 0 radical (unpaired) electrons. The van der Waals surface area contributed by atoms with Gasteiger partial charge in [-0.3, -0.25) is 4.79 Å². The summed E-state index contributed by atoms with van der Waals surface area (Å²) in [6.45, 7) is 5.75. The van der Waals surface area contributed by atoms with E-state index in [1.165, 1.54) is 18.4 Å². The number of hydrogen-bond donors (Lipinski definition) is 2. The van der Waals surface area contributed by atoms with Crippen LogP contribution in [-0.4, -0.2) is 30.6 Å². The van der Waals surface area contributed by atoms with Crippen molar-refractivity contribution in [3.63, 3.8) is 0 Å². The van der Waals surface area contributed by atoms with Crippen LogP contribution in [0.3, 0.4) is 0 Å². The van der Waals surface area contributed by atoms with Gasteiger partial charge in [0.1, 0.15) is 0 Å². The van der Waals surface area contributed by atoms with Crippen molar-refractivity contribution in [2.24, 2.45) is 34.5 Å². The molecule has 0 aromatic rings. The van der Waals surface area contributed by atoms with Crippen molar-refractivity contribution in [1.29, 1.82) is 0 Å². The van der Waals surface area contributed by atoms with Crippen molar-refractivity contribution in [2.45, 2.75) is 52.1 Å². The fourth-order valence-electron chi connectivity index (χ4n) is 7.01. The second-order valence-corrected chi connectivity index (χ2v) is 9.13. The minimum Gasteiger partial charge on any atom is -0.393 e. The SMILES string of the molecule is CNC[C@H]1CCC2C3CCC4=CC(=O)C=CC4(C)C3C(O)CC21C. The Bertz CT molecular complexity index is 609. The molecular weight excluding hydrogens is 298 g/mol. The van der Waals surface area contributed by atoms with Crippen LogP contribution in [0.1, 0.15) is 46.0 Å². The van der Waals surface area contributed by atoms with Gasteiger partial charge < -0.3 is 10.4 Å². The number of fused-ring (bicyclic) bond motifs is 5.